The first kappa shape index (κ1) is 30.6. The van der Waals surface area contributed by atoms with Gasteiger partial charge in [0.15, 0.2) is 0 Å². The number of aryl methyl sites for hydroxylation is 2. The van der Waals surface area contributed by atoms with Crippen LogP contribution in [-0.2, 0) is 10.8 Å². The van der Waals surface area contributed by atoms with Gasteiger partial charge in [0.25, 0.3) is 0 Å². The first-order valence-electron chi connectivity index (χ1n) is 16.7. The number of nitrogens with zero attached hydrogens (tertiary/aromatic N) is 2. The van der Waals surface area contributed by atoms with Crippen molar-refractivity contribution in [1.29, 1.82) is 0 Å². The standard InChI is InChI=1S/C45H44N2/c1-32-17-22-38(23-18-32)47(39-24-19-33(2)20-25-39)41-28-35(34-21-26-42-43(29-34)45(5,6)31-44(42,3)4)27-40(30-41)46(36-13-9-7-10-14-36)37-15-11-8-12-16-37/h7-30H,31H2,1-6H3. The number of para-hydroxylation sites is 2. The average molecular weight is 613 g/mol. The molecule has 0 unspecified atom stereocenters. The van der Waals surface area contributed by atoms with E-state index in [-0.39, 0.29) is 10.8 Å². The number of hydrogen-bond acceptors (Lipinski definition) is 2. The third-order valence-electron chi connectivity index (χ3n) is 9.73. The second-order valence-corrected chi connectivity index (χ2v) is 14.5. The Labute approximate surface area is 281 Å². The van der Waals surface area contributed by atoms with Crippen molar-refractivity contribution in [3.05, 3.63) is 168 Å². The van der Waals surface area contributed by atoms with Gasteiger partial charge in [-0.3, -0.25) is 0 Å². The van der Waals surface area contributed by atoms with Crippen molar-refractivity contribution in [2.45, 2.75) is 58.8 Å². The number of anilines is 6. The van der Waals surface area contributed by atoms with E-state index in [4.69, 9.17) is 0 Å². The van der Waals surface area contributed by atoms with Crippen LogP contribution >= 0.6 is 0 Å². The van der Waals surface area contributed by atoms with Crippen LogP contribution in [0.3, 0.4) is 0 Å². The van der Waals surface area contributed by atoms with Crippen molar-refractivity contribution in [2.75, 3.05) is 9.80 Å². The maximum absolute atomic E-state index is 2.46. The highest BCUT2D eigenvalue weighted by atomic mass is 15.2. The first-order chi connectivity index (χ1) is 22.6. The summed E-state index contributed by atoms with van der Waals surface area (Å²) in [4.78, 5) is 4.76. The number of benzene rings is 6. The topological polar surface area (TPSA) is 6.48 Å². The van der Waals surface area contributed by atoms with Gasteiger partial charge in [-0.15, -0.1) is 0 Å². The van der Waals surface area contributed by atoms with Gasteiger partial charge in [0.1, 0.15) is 0 Å². The van der Waals surface area contributed by atoms with Crippen LogP contribution in [0, 0.1) is 13.8 Å². The molecule has 0 spiro atoms. The lowest BCUT2D eigenvalue weighted by atomic mass is 9.82. The largest absolute Gasteiger partial charge is 0.310 e. The van der Waals surface area contributed by atoms with E-state index in [9.17, 15) is 0 Å². The summed E-state index contributed by atoms with van der Waals surface area (Å²) in [5, 5.41) is 0. The fraction of sp³-hybridized carbons (Fsp3) is 0.200. The molecular weight excluding hydrogens is 569 g/mol. The summed E-state index contributed by atoms with van der Waals surface area (Å²) in [5.74, 6) is 0. The summed E-state index contributed by atoms with van der Waals surface area (Å²) in [5.41, 5.74) is 14.9. The van der Waals surface area contributed by atoms with Crippen molar-refractivity contribution in [1.82, 2.24) is 0 Å². The Kier molecular flexibility index (Phi) is 7.76. The molecule has 0 saturated heterocycles. The molecule has 234 valence electrons. The van der Waals surface area contributed by atoms with Crippen molar-refractivity contribution in [3.8, 4) is 11.1 Å². The van der Waals surface area contributed by atoms with Gasteiger partial charge >= 0.3 is 0 Å². The van der Waals surface area contributed by atoms with Crippen molar-refractivity contribution >= 4 is 34.1 Å². The maximum atomic E-state index is 2.46. The molecule has 0 bridgehead atoms. The molecule has 7 rings (SSSR count). The number of fused-ring (bicyclic) bond motifs is 1. The van der Waals surface area contributed by atoms with Crippen molar-refractivity contribution in [3.63, 3.8) is 0 Å². The Morgan fingerprint density at radius 1 is 0.383 bits per heavy atom. The summed E-state index contributed by atoms with van der Waals surface area (Å²) >= 11 is 0. The highest BCUT2D eigenvalue weighted by Crippen LogP contribution is 2.51. The molecule has 6 aromatic rings. The molecule has 2 nitrogen and oxygen atoms in total. The molecule has 0 aromatic heterocycles. The lowest BCUT2D eigenvalue weighted by Gasteiger charge is -2.30. The highest BCUT2D eigenvalue weighted by molar-refractivity contribution is 5.87. The second kappa shape index (κ2) is 11.9. The minimum absolute atomic E-state index is 0.116. The van der Waals surface area contributed by atoms with E-state index in [0.717, 1.165) is 40.5 Å². The summed E-state index contributed by atoms with van der Waals surface area (Å²) in [6.07, 6.45) is 1.15. The lowest BCUT2D eigenvalue weighted by molar-refractivity contribution is 0.403. The van der Waals surface area contributed by atoms with Gasteiger partial charge in [0.2, 0.25) is 0 Å². The van der Waals surface area contributed by atoms with E-state index in [2.05, 4.69) is 197 Å². The molecule has 6 aromatic carbocycles. The maximum Gasteiger partial charge on any atom is 0.0488 e. The fourth-order valence-electron chi connectivity index (χ4n) is 7.63. The zero-order valence-electron chi connectivity index (χ0n) is 28.5. The summed E-state index contributed by atoms with van der Waals surface area (Å²) < 4.78 is 0. The Morgan fingerprint density at radius 2 is 0.809 bits per heavy atom. The lowest BCUT2D eigenvalue weighted by Crippen LogP contribution is -2.17. The fourth-order valence-corrected chi connectivity index (χ4v) is 7.63. The minimum Gasteiger partial charge on any atom is -0.310 e. The van der Waals surface area contributed by atoms with Gasteiger partial charge < -0.3 is 9.80 Å². The first-order valence-corrected chi connectivity index (χ1v) is 16.7. The van der Waals surface area contributed by atoms with E-state index in [1.807, 2.05) is 0 Å². The van der Waals surface area contributed by atoms with Gasteiger partial charge in [0, 0.05) is 34.1 Å². The predicted octanol–water partition coefficient (Wildman–Crippen LogP) is 12.9. The zero-order chi connectivity index (χ0) is 32.8. The summed E-state index contributed by atoms with van der Waals surface area (Å²) in [6, 6.07) is 53.4. The molecule has 0 atom stereocenters. The van der Waals surface area contributed by atoms with E-state index in [1.54, 1.807) is 0 Å². The van der Waals surface area contributed by atoms with E-state index in [0.29, 0.717) is 0 Å². The molecule has 0 radical (unpaired) electrons. The van der Waals surface area contributed by atoms with Crippen LogP contribution < -0.4 is 9.80 Å². The number of rotatable bonds is 7. The second-order valence-electron chi connectivity index (χ2n) is 14.5. The quantitative estimate of drug-likeness (QED) is 0.177. The van der Waals surface area contributed by atoms with Crippen LogP contribution in [0.25, 0.3) is 11.1 Å². The molecule has 2 heteroatoms. The molecule has 0 saturated carbocycles. The Bertz CT molecular complexity index is 1920. The van der Waals surface area contributed by atoms with Crippen LogP contribution in [0.2, 0.25) is 0 Å². The van der Waals surface area contributed by atoms with Gasteiger partial charge in [-0.1, -0.05) is 118 Å². The molecule has 0 N–H and O–H groups in total. The minimum atomic E-state index is 0.116. The molecule has 47 heavy (non-hydrogen) atoms. The zero-order valence-corrected chi connectivity index (χ0v) is 28.5. The molecular formula is C45H44N2. The van der Waals surface area contributed by atoms with E-state index >= 15 is 0 Å². The average Bonchev–Trinajstić information content (AvgIpc) is 3.26. The van der Waals surface area contributed by atoms with E-state index in [1.165, 1.54) is 33.4 Å². The van der Waals surface area contributed by atoms with Crippen LogP contribution in [0.15, 0.2) is 146 Å². The van der Waals surface area contributed by atoms with Crippen LogP contribution in [-0.4, -0.2) is 0 Å². The summed E-state index contributed by atoms with van der Waals surface area (Å²) in [6.45, 7) is 13.9. The predicted molar refractivity (Wildman–Crippen MR) is 201 cm³/mol. The van der Waals surface area contributed by atoms with Gasteiger partial charge in [-0.05, 0) is 120 Å². The summed E-state index contributed by atoms with van der Waals surface area (Å²) in [7, 11) is 0. The van der Waals surface area contributed by atoms with Crippen molar-refractivity contribution in [2.24, 2.45) is 0 Å². The Balaban J connectivity index is 1.50. The van der Waals surface area contributed by atoms with E-state index < -0.39 is 0 Å². The van der Waals surface area contributed by atoms with Crippen molar-refractivity contribution < 1.29 is 0 Å². The van der Waals surface area contributed by atoms with Crippen LogP contribution in [0.1, 0.15) is 56.4 Å². The number of hydrogen-bond donors (Lipinski definition) is 0. The molecule has 0 aliphatic heterocycles. The third-order valence-corrected chi connectivity index (χ3v) is 9.73. The van der Waals surface area contributed by atoms with Gasteiger partial charge in [-0.25, -0.2) is 0 Å². The smallest absolute Gasteiger partial charge is 0.0488 e. The van der Waals surface area contributed by atoms with Gasteiger partial charge in [-0.2, -0.15) is 0 Å². The molecule has 0 amide bonds. The van der Waals surface area contributed by atoms with Gasteiger partial charge in [0.05, 0.1) is 0 Å². The normalized spacial score (nSPS) is 14.4. The third kappa shape index (κ3) is 5.97. The SMILES string of the molecule is Cc1ccc(N(c2ccc(C)cc2)c2cc(-c3ccc4c(c3)C(C)(C)CC4(C)C)cc(N(c3ccccc3)c3ccccc3)c2)cc1. The Morgan fingerprint density at radius 3 is 1.28 bits per heavy atom. The van der Waals surface area contributed by atoms with Crippen LogP contribution in [0.5, 0.6) is 0 Å². The molecule has 0 heterocycles. The Hall–Kier alpha value is -5.08. The highest BCUT2D eigenvalue weighted by Gasteiger charge is 2.41. The van der Waals surface area contributed by atoms with Crippen LogP contribution in [0.4, 0.5) is 34.1 Å². The molecule has 0 fully saturated rings. The molecule has 1 aliphatic carbocycles. The molecule has 1 aliphatic rings. The monoisotopic (exact) mass is 612 g/mol.